The van der Waals surface area contributed by atoms with E-state index in [4.69, 9.17) is 16.3 Å². The third-order valence-corrected chi connectivity index (χ3v) is 5.75. The van der Waals surface area contributed by atoms with Gasteiger partial charge in [0, 0.05) is 22.2 Å². The third kappa shape index (κ3) is 5.88. The molecule has 0 saturated heterocycles. The number of thioether (sulfide) groups is 1. The van der Waals surface area contributed by atoms with E-state index in [-0.39, 0.29) is 30.0 Å². The number of hydrogen-bond donors (Lipinski definition) is 1. The van der Waals surface area contributed by atoms with E-state index in [2.05, 4.69) is 11.4 Å². The van der Waals surface area contributed by atoms with Crippen LogP contribution in [0.4, 0.5) is 0 Å². The van der Waals surface area contributed by atoms with Gasteiger partial charge >= 0.3 is 5.97 Å². The number of nitriles is 1. The highest BCUT2D eigenvalue weighted by Crippen LogP contribution is 2.38. The molecule has 0 fully saturated rings. The van der Waals surface area contributed by atoms with Gasteiger partial charge in [-0.2, -0.15) is 5.26 Å². The van der Waals surface area contributed by atoms with Crippen molar-refractivity contribution in [2.75, 3.05) is 12.4 Å². The second-order valence-corrected chi connectivity index (χ2v) is 8.56. The molecule has 154 valence electrons. The molecular formula is C22H25ClN2O3S. The van der Waals surface area contributed by atoms with Crippen molar-refractivity contribution in [2.45, 2.75) is 34.1 Å². The normalized spacial score (nSPS) is 16.5. The molecule has 1 N–H and O–H groups in total. The Bertz CT molecular complexity index is 882. The number of halogens is 1. The fourth-order valence-electron chi connectivity index (χ4n) is 3.18. The molecule has 0 radical (unpaired) electrons. The Morgan fingerprint density at radius 1 is 1.31 bits per heavy atom. The van der Waals surface area contributed by atoms with E-state index >= 15 is 0 Å². The molecular weight excluding hydrogens is 408 g/mol. The van der Waals surface area contributed by atoms with Crippen LogP contribution in [0.25, 0.3) is 0 Å². The minimum atomic E-state index is -0.405. The predicted molar refractivity (Wildman–Crippen MR) is 116 cm³/mol. The number of esters is 1. The van der Waals surface area contributed by atoms with Gasteiger partial charge in [-0.15, -0.1) is 0 Å². The van der Waals surface area contributed by atoms with E-state index in [9.17, 15) is 14.9 Å². The van der Waals surface area contributed by atoms with E-state index in [1.54, 1.807) is 38.1 Å². The van der Waals surface area contributed by atoms with Crippen molar-refractivity contribution in [3.63, 3.8) is 0 Å². The van der Waals surface area contributed by atoms with Crippen LogP contribution in [-0.4, -0.2) is 24.1 Å². The van der Waals surface area contributed by atoms with Crippen molar-refractivity contribution in [3.05, 3.63) is 56.7 Å². The highest BCUT2D eigenvalue weighted by molar-refractivity contribution is 8.03. The van der Waals surface area contributed by atoms with E-state index in [1.165, 1.54) is 11.8 Å². The molecule has 7 heteroatoms. The summed E-state index contributed by atoms with van der Waals surface area (Å²) in [6, 6.07) is 8.98. The van der Waals surface area contributed by atoms with E-state index in [0.29, 0.717) is 38.9 Å². The zero-order valence-corrected chi connectivity index (χ0v) is 18.6. The smallest absolute Gasteiger partial charge is 0.336 e. The summed E-state index contributed by atoms with van der Waals surface area (Å²) >= 11 is 7.15. The standard InChI is InChI=1S/C22H25ClN2O3S/c1-5-28-22(27)20-14(4)25-21(18(11-24)17(20)10-13(2)3)29-12-19(26)15-6-8-16(23)9-7-15/h6-9,13,17,25H,5,10,12H2,1-4H3. The molecule has 29 heavy (non-hydrogen) atoms. The van der Waals surface area contributed by atoms with Gasteiger partial charge in [-0.25, -0.2) is 4.79 Å². The lowest BCUT2D eigenvalue weighted by Crippen LogP contribution is -2.31. The molecule has 5 nitrogen and oxygen atoms in total. The van der Waals surface area contributed by atoms with Crippen LogP contribution >= 0.6 is 23.4 Å². The topological polar surface area (TPSA) is 79.2 Å². The van der Waals surface area contributed by atoms with Crippen LogP contribution in [0, 0.1) is 23.2 Å². The second kappa shape index (κ2) is 10.5. The Labute approximate surface area is 181 Å². The first-order valence-corrected chi connectivity index (χ1v) is 10.9. The SMILES string of the molecule is CCOC(=O)C1=C(C)NC(SCC(=O)c2ccc(Cl)cc2)=C(C#N)C1CC(C)C. The summed E-state index contributed by atoms with van der Waals surface area (Å²) in [4.78, 5) is 25.0. The first-order valence-electron chi connectivity index (χ1n) is 9.49. The van der Waals surface area contributed by atoms with Gasteiger partial charge in [0.2, 0.25) is 0 Å². The zero-order valence-electron chi connectivity index (χ0n) is 17.0. The number of carbonyl (C=O) groups excluding carboxylic acids is 2. The van der Waals surface area contributed by atoms with Crippen molar-refractivity contribution in [3.8, 4) is 6.07 Å². The van der Waals surface area contributed by atoms with Gasteiger partial charge in [-0.1, -0.05) is 37.2 Å². The summed E-state index contributed by atoms with van der Waals surface area (Å²) in [6.45, 7) is 7.92. The van der Waals surface area contributed by atoms with Crippen LogP contribution < -0.4 is 5.32 Å². The Kier molecular flexibility index (Phi) is 8.36. The number of nitrogens with zero attached hydrogens (tertiary/aromatic N) is 1. The highest BCUT2D eigenvalue weighted by Gasteiger charge is 2.34. The Hall–Kier alpha value is -2.23. The fourth-order valence-corrected chi connectivity index (χ4v) is 4.32. The third-order valence-electron chi connectivity index (χ3n) is 4.48. The molecule has 1 unspecified atom stereocenters. The molecule has 0 amide bonds. The quantitative estimate of drug-likeness (QED) is 0.455. The maximum atomic E-state index is 12.5. The Morgan fingerprint density at radius 3 is 2.52 bits per heavy atom. The van der Waals surface area contributed by atoms with Gasteiger partial charge in [0.1, 0.15) is 0 Å². The first kappa shape index (κ1) is 23.1. The summed E-state index contributed by atoms with van der Waals surface area (Å²) in [5.41, 5.74) is 2.19. The van der Waals surface area contributed by atoms with Gasteiger partial charge in [0.15, 0.2) is 5.78 Å². The number of ether oxygens (including phenoxy) is 1. The average molecular weight is 433 g/mol. The lowest BCUT2D eigenvalue weighted by Gasteiger charge is -2.29. The number of carbonyl (C=O) groups is 2. The number of benzene rings is 1. The first-order chi connectivity index (χ1) is 13.8. The van der Waals surface area contributed by atoms with Crippen molar-refractivity contribution in [2.24, 2.45) is 11.8 Å². The number of ketones is 1. The summed E-state index contributed by atoms with van der Waals surface area (Å²) in [7, 11) is 0. The lowest BCUT2D eigenvalue weighted by molar-refractivity contribution is -0.139. The predicted octanol–water partition coefficient (Wildman–Crippen LogP) is 5.09. The maximum absolute atomic E-state index is 12.5. The molecule has 1 aromatic carbocycles. The molecule has 0 aliphatic carbocycles. The van der Waals surface area contributed by atoms with Gasteiger partial charge in [0.25, 0.3) is 0 Å². The van der Waals surface area contributed by atoms with E-state index < -0.39 is 5.97 Å². The number of nitrogens with one attached hydrogen (secondary N) is 1. The van der Waals surface area contributed by atoms with Crippen LogP contribution in [0.5, 0.6) is 0 Å². The van der Waals surface area contributed by atoms with Crippen molar-refractivity contribution in [1.82, 2.24) is 5.32 Å². The summed E-state index contributed by atoms with van der Waals surface area (Å²) in [5, 5.41) is 14.2. The fraction of sp³-hybridized carbons (Fsp3) is 0.409. The number of hydrogen-bond acceptors (Lipinski definition) is 6. The minimum absolute atomic E-state index is 0.0588. The largest absolute Gasteiger partial charge is 0.463 e. The molecule has 1 aliphatic heterocycles. The van der Waals surface area contributed by atoms with Crippen LogP contribution in [0.3, 0.4) is 0 Å². The second-order valence-electron chi connectivity index (χ2n) is 7.14. The van der Waals surface area contributed by atoms with Crippen LogP contribution in [0.1, 0.15) is 44.5 Å². The van der Waals surface area contributed by atoms with Gasteiger partial charge in [-0.3, -0.25) is 4.79 Å². The molecule has 0 spiro atoms. The number of dihydropyridines is 1. The Morgan fingerprint density at radius 2 is 1.97 bits per heavy atom. The molecule has 0 saturated carbocycles. The van der Waals surface area contributed by atoms with Crippen molar-refractivity contribution >= 4 is 35.1 Å². The lowest BCUT2D eigenvalue weighted by atomic mass is 9.82. The summed E-state index contributed by atoms with van der Waals surface area (Å²) < 4.78 is 5.22. The van der Waals surface area contributed by atoms with Crippen LogP contribution in [0.2, 0.25) is 5.02 Å². The van der Waals surface area contributed by atoms with Crippen molar-refractivity contribution < 1.29 is 14.3 Å². The van der Waals surface area contributed by atoms with E-state index in [1.807, 2.05) is 13.8 Å². The maximum Gasteiger partial charge on any atom is 0.336 e. The molecule has 1 aromatic rings. The molecule has 2 rings (SSSR count). The zero-order chi connectivity index (χ0) is 21.6. The molecule has 0 aromatic heterocycles. The molecule has 1 heterocycles. The Balaban J connectivity index is 2.28. The minimum Gasteiger partial charge on any atom is -0.463 e. The monoisotopic (exact) mass is 432 g/mol. The van der Waals surface area contributed by atoms with Crippen LogP contribution in [-0.2, 0) is 9.53 Å². The molecule has 1 aliphatic rings. The van der Waals surface area contributed by atoms with E-state index in [0.717, 1.165) is 0 Å². The van der Waals surface area contributed by atoms with Gasteiger partial charge in [-0.05, 0) is 50.5 Å². The molecule has 1 atom stereocenters. The van der Waals surface area contributed by atoms with Crippen molar-refractivity contribution in [1.29, 1.82) is 5.26 Å². The van der Waals surface area contributed by atoms with Crippen LogP contribution in [0.15, 0.2) is 46.1 Å². The number of allylic oxidation sites excluding steroid dienone is 2. The highest BCUT2D eigenvalue weighted by atomic mass is 35.5. The summed E-state index contributed by atoms with van der Waals surface area (Å²) in [6.07, 6.45) is 0.644. The average Bonchev–Trinajstić information content (AvgIpc) is 2.66. The number of rotatable bonds is 8. The molecule has 0 bridgehead atoms. The summed E-state index contributed by atoms with van der Waals surface area (Å²) in [5.74, 6) is -0.367. The van der Waals surface area contributed by atoms with Gasteiger partial charge in [0.05, 0.1) is 34.6 Å². The number of Topliss-reactive ketones (excluding diaryl/α,β-unsaturated/α-hetero) is 1. The van der Waals surface area contributed by atoms with Gasteiger partial charge < -0.3 is 10.1 Å².